The Morgan fingerprint density at radius 1 is 1.21 bits per heavy atom. The normalized spacial score (nSPS) is 15.6. The predicted octanol–water partition coefficient (Wildman–Crippen LogP) is 3.21. The number of aryl methyl sites for hydroxylation is 1. The van der Waals surface area contributed by atoms with E-state index < -0.39 is 0 Å². The van der Waals surface area contributed by atoms with Crippen LogP contribution in [0.2, 0.25) is 5.02 Å². The molecule has 0 radical (unpaired) electrons. The van der Waals surface area contributed by atoms with Crippen molar-refractivity contribution in [3.05, 3.63) is 63.2 Å². The summed E-state index contributed by atoms with van der Waals surface area (Å²) in [6, 6.07) is 10.9. The number of aliphatic imine (C=N–C) groups is 1. The van der Waals surface area contributed by atoms with E-state index >= 15 is 0 Å². The third-order valence-corrected chi connectivity index (χ3v) is 4.04. The first kappa shape index (κ1) is 16.7. The third kappa shape index (κ3) is 4.46. The van der Waals surface area contributed by atoms with Gasteiger partial charge in [0.2, 0.25) is 0 Å². The van der Waals surface area contributed by atoms with E-state index in [9.17, 15) is 4.79 Å². The minimum absolute atomic E-state index is 0.387. The lowest BCUT2D eigenvalue weighted by Crippen LogP contribution is -2.41. The summed E-state index contributed by atoms with van der Waals surface area (Å²) in [6.45, 7) is 4.67. The minimum Gasteiger partial charge on any atom is -0.428 e. The Morgan fingerprint density at radius 2 is 1.92 bits per heavy atom. The summed E-state index contributed by atoms with van der Waals surface area (Å²) in [6.07, 6.45) is 0.663. The molecular weight excluding hydrogens is 328 g/mol. The molecule has 2 aromatic rings. The lowest BCUT2D eigenvalue weighted by molar-refractivity contribution is 0.0674. The van der Waals surface area contributed by atoms with E-state index in [0.717, 1.165) is 24.5 Å². The van der Waals surface area contributed by atoms with Crippen molar-refractivity contribution in [1.29, 1.82) is 0 Å². The van der Waals surface area contributed by atoms with Crippen molar-refractivity contribution >= 4 is 23.1 Å². The van der Waals surface area contributed by atoms with Gasteiger partial charge in [-0.05, 0) is 24.6 Å². The number of hydrogen-bond acceptors (Lipinski definition) is 4. The van der Waals surface area contributed by atoms with Gasteiger partial charge in [0.15, 0.2) is 0 Å². The molecule has 1 aliphatic heterocycles. The lowest BCUT2D eigenvalue weighted by atomic mass is 10.1. The van der Waals surface area contributed by atoms with Gasteiger partial charge in [-0.3, -0.25) is 0 Å². The molecule has 0 atom stereocenters. The fraction of sp³-hybridized carbons (Fsp3) is 0.333. The highest BCUT2D eigenvalue weighted by atomic mass is 35.5. The van der Waals surface area contributed by atoms with E-state index in [1.807, 2.05) is 24.3 Å². The highest BCUT2D eigenvalue weighted by Gasteiger charge is 2.16. The summed E-state index contributed by atoms with van der Waals surface area (Å²) in [7, 11) is 0. The number of rotatable bonds is 3. The number of amidine groups is 1. The van der Waals surface area contributed by atoms with E-state index in [1.165, 1.54) is 6.07 Å². The molecule has 0 N–H and O–H groups in total. The van der Waals surface area contributed by atoms with Gasteiger partial charge in [-0.1, -0.05) is 23.7 Å². The number of ether oxygens (including phenoxy) is 1. The standard InChI is InChI=1S/C18H19ClN2O3/c1-13-10-16(12-18(22)24-13)20-17(21-6-8-23-9-7-21)11-14-2-4-15(19)5-3-14/h2-5,10,12H,6-9,11H2,1H3. The number of hydrogen-bond donors (Lipinski definition) is 0. The van der Waals surface area contributed by atoms with Crippen molar-refractivity contribution < 1.29 is 9.15 Å². The van der Waals surface area contributed by atoms with Crippen molar-refractivity contribution in [2.75, 3.05) is 26.3 Å². The maximum atomic E-state index is 11.6. The van der Waals surface area contributed by atoms with Crippen LogP contribution < -0.4 is 5.63 Å². The van der Waals surface area contributed by atoms with Crippen LogP contribution in [-0.2, 0) is 11.2 Å². The molecule has 126 valence electrons. The second-order valence-corrected chi connectivity index (χ2v) is 6.11. The Balaban J connectivity index is 1.92. The minimum atomic E-state index is -0.387. The van der Waals surface area contributed by atoms with Gasteiger partial charge in [0.1, 0.15) is 11.6 Å². The quantitative estimate of drug-likeness (QED) is 0.632. The summed E-state index contributed by atoms with van der Waals surface area (Å²) in [4.78, 5) is 18.5. The molecule has 0 amide bonds. The fourth-order valence-corrected chi connectivity index (χ4v) is 2.76. The number of morpholine rings is 1. The second kappa shape index (κ2) is 7.64. The van der Waals surface area contributed by atoms with Crippen LogP contribution >= 0.6 is 11.6 Å². The molecule has 1 saturated heterocycles. The van der Waals surface area contributed by atoms with E-state index in [-0.39, 0.29) is 5.63 Å². The summed E-state index contributed by atoms with van der Waals surface area (Å²) in [5.74, 6) is 1.46. The van der Waals surface area contributed by atoms with Crippen LogP contribution in [-0.4, -0.2) is 37.0 Å². The van der Waals surface area contributed by atoms with Crippen LogP contribution in [0.3, 0.4) is 0 Å². The summed E-state index contributed by atoms with van der Waals surface area (Å²) < 4.78 is 10.4. The highest BCUT2D eigenvalue weighted by Crippen LogP contribution is 2.16. The van der Waals surface area contributed by atoms with Crippen LogP contribution in [0.25, 0.3) is 0 Å². The van der Waals surface area contributed by atoms with E-state index in [2.05, 4.69) is 4.90 Å². The summed E-state index contributed by atoms with van der Waals surface area (Å²) >= 11 is 5.96. The van der Waals surface area contributed by atoms with Crippen LogP contribution in [0.5, 0.6) is 0 Å². The Hall–Kier alpha value is -2.11. The lowest BCUT2D eigenvalue weighted by Gasteiger charge is -2.30. The summed E-state index contributed by atoms with van der Waals surface area (Å²) in [5, 5.41) is 0.708. The molecule has 0 spiro atoms. The van der Waals surface area contributed by atoms with Crippen LogP contribution in [0.15, 0.2) is 50.6 Å². The first-order valence-electron chi connectivity index (χ1n) is 7.87. The van der Waals surface area contributed by atoms with E-state index in [4.69, 9.17) is 25.7 Å². The van der Waals surface area contributed by atoms with Gasteiger partial charge in [-0.2, -0.15) is 0 Å². The Morgan fingerprint density at radius 3 is 2.58 bits per heavy atom. The molecule has 0 unspecified atom stereocenters. The molecule has 1 aliphatic rings. The predicted molar refractivity (Wildman–Crippen MR) is 94.4 cm³/mol. The van der Waals surface area contributed by atoms with Crippen molar-refractivity contribution in [2.45, 2.75) is 13.3 Å². The van der Waals surface area contributed by atoms with Gasteiger partial charge in [-0.25, -0.2) is 9.79 Å². The van der Waals surface area contributed by atoms with Gasteiger partial charge < -0.3 is 14.1 Å². The first-order chi connectivity index (χ1) is 11.6. The van der Waals surface area contributed by atoms with Crippen LogP contribution in [0.4, 0.5) is 5.69 Å². The molecule has 5 nitrogen and oxygen atoms in total. The number of benzene rings is 1. The molecule has 24 heavy (non-hydrogen) atoms. The zero-order chi connectivity index (χ0) is 16.9. The van der Waals surface area contributed by atoms with E-state index in [0.29, 0.717) is 36.1 Å². The molecule has 1 aromatic carbocycles. The van der Waals surface area contributed by atoms with Crippen LogP contribution in [0, 0.1) is 6.92 Å². The molecular formula is C18H19ClN2O3. The first-order valence-corrected chi connectivity index (χ1v) is 8.24. The topological polar surface area (TPSA) is 55.0 Å². The largest absolute Gasteiger partial charge is 0.428 e. The Labute approximate surface area is 145 Å². The van der Waals surface area contributed by atoms with Crippen molar-refractivity contribution in [3.8, 4) is 0 Å². The van der Waals surface area contributed by atoms with Gasteiger partial charge in [0, 0.05) is 36.7 Å². The van der Waals surface area contributed by atoms with Crippen molar-refractivity contribution in [2.24, 2.45) is 4.99 Å². The maximum absolute atomic E-state index is 11.6. The van der Waals surface area contributed by atoms with Gasteiger partial charge >= 0.3 is 5.63 Å². The molecule has 1 fully saturated rings. The van der Waals surface area contributed by atoms with Gasteiger partial charge in [0.25, 0.3) is 0 Å². The number of nitrogens with zero attached hydrogens (tertiary/aromatic N) is 2. The maximum Gasteiger partial charge on any atom is 0.338 e. The average Bonchev–Trinajstić information content (AvgIpc) is 2.56. The zero-order valence-corrected chi connectivity index (χ0v) is 14.3. The van der Waals surface area contributed by atoms with Gasteiger partial charge in [0.05, 0.1) is 18.9 Å². The highest BCUT2D eigenvalue weighted by molar-refractivity contribution is 6.30. The van der Waals surface area contributed by atoms with Crippen LogP contribution in [0.1, 0.15) is 11.3 Å². The monoisotopic (exact) mass is 346 g/mol. The fourth-order valence-electron chi connectivity index (χ4n) is 2.63. The van der Waals surface area contributed by atoms with Crippen molar-refractivity contribution in [1.82, 2.24) is 4.90 Å². The molecule has 0 bridgehead atoms. The summed E-state index contributed by atoms with van der Waals surface area (Å²) in [5.41, 5.74) is 1.34. The Kier molecular flexibility index (Phi) is 5.33. The molecule has 0 saturated carbocycles. The zero-order valence-electron chi connectivity index (χ0n) is 13.5. The second-order valence-electron chi connectivity index (χ2n) is 5.68. The van der Waals surface area contributed by atoms with Gasteiger partial charge in [-0.15, -0.1) is 0 Å². The third-order valence-electron chi connectivity index (χ3n) is 3.79. The Bertz CT molecular complexity index is 778. The molecule has 0 aliphatic carbocycles. The smallest absolute Gasteiger partial charge is 0.338 e. The average molecular weight is 347 g/mol. The molecule has 2 heterocycles. The van der Waals surface area contributed by atoms with E-state index in [1.54, 1.807) is 13.0 Å². The molecule has 1 aromatic heterocycles. The molecule has 6 heteroatoms. The molecule has 3 rings (SSSR count). The SMILES string of the molecule is Cc1cc(N=C(Cc2ccc(Cl)cc2)N2CCOCC2)cc(=O)o1. The number of halogens is 1. The van der Waals surface area contributed by atoms with Crippen molar-refractivity contribution in [3.63, 3.8) is 0 Å².